The Morgan fingerprint density at radius 3 is 2.61 bits per heavy atom. The van der Waals surface area contributed by atoms with Gasteiger partial charge in [0, 0.05) is 22.7 Å². The molecule has 1 saturated heterocycles. The summed E-state index contributed by atoms with van der Waals surface area (Å²) in [5.74, 6) is 0.573. The molecule has 2 N–H and O–H groups in total. The molecule has 0 bridgehead atoms. The third kappa shape index (κ3) is 4.35. The van der Waals surface area contributed by atoms with Crippen LogP contribution in [0.5, 0.6) is 0 Å². The molecule has 3 aromatic rings. The molecule has 0 spiro atoms. The second kappa shape index (κ2) is 9.38. The van der Waals surface area contributed by atoms with Crippen LogP contribution in [0.3, 0.4) is 0 Å². The molecule has 2 amide bonds. The third-order valence-corrected chi connectivity index (χ3v) is 7.28. The molecule has 2 aliphatic rings. The van der Waals surface area contributed by atoms with Gasteiger partial charge in [0.2, 0.25) is 0 Å². The summed E-state index contributed by atoms with van der Waals surface area (Å²) in [7, 11) is 0. The van der Waals surface area contributed by atoms with Gasteiger partial charge in [0.1, 0.15) is 0 Å². The molecule has 1 fully saturated rings. The van der Waals surface area contributed by atoms with Crippen LogP contribution in [-0.2, 0) is 13.0 Å². The highest BCUT2D eigenvalue weighted by atomic mass is 35.5. The van der Waals surface area contributed by atoms with Crippen molar-refractivity contribution in [1.82, 2.24) is 10.6 Å². The molecule has 2 heterocycles. The standard InChI is InChI=1S/C27H27Cl2N3O/c1-17-6-4-10-24(29)26(17)32-25-14-19(12-18-7-5-11-30-15-18)13-21(22(25)16-31-27(32)33)20-8-2-3-9-23(20)28/h2-4,6,8-10,13-14,18,30H,5,7,11-12,15-16H2,1H3,(H,31,33). The SMILES string of the molecule is Cc1cccc(Cl)c1N1C(=O)NCc2c(-c3ccccc3Cl)cc(CC3CCCNC3)cc21. The van der Waals surface area contributed by atoms with E-state index >= 15 is 0 Å². The molecular weight excluding hydrogens is 453 g/mol. The van der Waals surface area contributed by atoms with Gasteiger partial charge in [-0.05, 0) is 80.1 Å². The van der Waals surface area contributed by atoms with Crippen molar-refractivity contribution in [3.05, 3.63) is 81.3 Å². The van der Waals surface area contributed by atoms with E-state index in [2.05, 4.69) is 22.8 Å². The summed E-state index contributed by atoms with van der Waals surface area (Å²) in [5, 5.41) is 7.82. The Hall–Kier alpha value is -2.53. The lowest BCUT2D eigenvalue weighted by molar-refractivity contribution is 0.247. The first-order valence-electron chi connectivity index (χ1n) is 11.5. The van der Waals surface area contributed by atoms with E-state index in [4.69, 9.17) is 23.2 Å². The molecular formula is C27H27Cl2N3O. The maximum Gasteiger partial charge on any atom is 0.326 e. The first kappa shape index (κ1) is 22.3. The minimum Gasteiger partial charge on any atom is -0.333 e. The molecule has 5 rings (SSSR count). The predicted molar refractivity (Wildman–Crippen MR) is 137 cm³/mol. The fourth-order valence-electron chi connectivity index (χ4n) is 5.05. The number of aryl methyl sites for hydroxylation is 1. The minimum absolute atomic E-state index is 0.166. The molecule has 3 aromatic carbocycles. The molecule has 0 saturated carbocycles. The second-order valence-electron chi connectivity index (χ2n) is 8.94. The molecule has 170 valence electrons. The topological polar surface area (TPSA) is 44.4 Å². The van der Waals surface area contributed by atoms with Crippen LogP contribution in [0.2, 0.25) is 10.0 Å². The van der Waals surface area contributed by atoms with Crippen molar-refractivity contribution in [3.8, 4) is 11.1 Å². The number of amides is 2. The van der Waals surface area contributed by atoms with E-state index in [9.17, 15) is 4.79 Å². The fraction of sp³-hybridized carbons (Fsp3) is 0.296. The van der Waals surface area contributed by atoms with Crippen molar-refractivity contribution >= 4 is 40.6 Å². The molecule has 2 aliphatic heterocycles. The summed E-state index contributed by atoms with van der Waals surface area (Å²) >= 11 is 13.3. The quantitative estimate of drug-likeness (QED) is 0.428. The van der Waals surface area contributed by atoms with Gasteiger partial charge in [-0.2, -0.15) is 0 Å². The lowest BCUT2D eigenvalue weighted by Crippen LogP contribution is -2.42. The van der Waals surface area contributed by atoms with Crippen molar-refractivity contribution in [2.24, 2.45) is 5.92 Å². The van der Waals surface area contributed by atoms with E-state index < -0.39 is 0 Å². The van der Waals surface area contributed by atoms with Gasteiger partial charge in [-0.3, -0.25) is 4.90 Å². The van der Waals surface area contributed by atoms with Gasteiger partial charge >= 0.3 is 6.03 Å². The lowest BCUT2D eigenvalue weighted by Gasteiger charge is -2.34. The van der Waals surface area contributed by atoms with Crippen LogP contribution in [0.25, 0.3) is 11.1 Å². The lowest BCUT2D eigenvalue weighted by atomic mass is 9.88. The number of urea groups is 1. The van der Waals surface area contributed by atoms with Crippen molar-refractivity contribution in [2.45, 2.75) is 32.7 Å². The van der Waals surface area contributed by atoms with Crippen LogP contribution >= 0.6 is 23.2 Å². The largest absolute Gasteiger partial charge is 0.333 e. The van der Waals surface area contributed by atoms with E-state index in [0.717, 1.165) is 53.1 Å². The van der Waals surface area contributed by atoms with E-state index in [1.807, 2.05) is 49.4 Å². The van der Waals surface area contributed by atoms with Gasteiger partial charge < -0.3 is 10.6 Å². The van der Waals surface area contributed by atoms with Gasteiger partial charge in [-0.1, -0.05) is 59.6 Å². The molecule has 1 unspecified atom stereocenters. The molecule has 0 radical (unpaired) electrons. The number of halogens is 2. The van der Waals surface area contributed by atoms with Crippen LogP contribution in [0.1, 0.15) is 29.5 Å². The number of carbonyl (C=O) groups is 1. The van der Waals surface area contributed by atoms with Crippen LogP contribution < -0.4 is 15.5 Å². The zero-order valence-electron chi connectivity index (χ0n) is 18.6. The monoisotopic (exact) mass is 479 g/mol. The van der Waals surface area contributed by atoms with E-state index in [1.54, 1.807) is 4.90 Å². The van der Waals surface area contributed by atoms with Crippen LogP contribution in [0.4, 0.5) is 16.2 Å². The molecule has 0 aromatic heterocycles. The number of hydrogen-bond acceptors (Lipinski definition) is 2. The Labute approximate surface area is 204 Å². The molecule has 1 atom stereocenters. The smallest absolute Gasteiger partial charge is 0.326 e. The van der Waals surface area contributed by atoms with E-state index in [-0.39, 0.29) is 6.03 Å². The van der Waals surface area contributed by atoms with Crippen molar-refractivity contribution in [3.63, 3.8) is 0 Å². The summed E-state index contributed by atoms with van der Waals surface area (Å²) in [6, 6.07) is 17.9. The number of fused-ring (bicyclic) bond motifs is 1. The Morgan fingerprint density at radius 1 is 1.03 bits per heavy atom. The van der Waals surface area contributed by atoms with Crippen molar-refractivity contribution in [1.29, 1.82) is 0 Å². The summed E-state index contributed by atoms with van der Waals surface area (Å²) in [6.45, 7) is 4.53. The average molecular weight is 480 g/mol. The number of nitrogens with zero attached hydrogens (tertiary/aromatic N) is 1. The first-order chi connectivity index (χ1) is 16.0. The Morgan fingerprint density at radius 2 is 1.85 bits per heavy atom. The number of rotatable bonds is 4. The normalized spacial score (nSPS) is 18.1. The summed E-state index contributed by atoms with van der Waals surface area (Å²) < 4.78 is 0. The zero-order chi connectivity index (χ0) is 22.9. The number of hydrogen-bond donors (Lipinski definition) is 2. The number of carbonyl (C=O) groups excluding carboxylic acids is 1. The summed E-state index contributed by atoms with van der Waals surface area (Å²) in [6.07, 6.45) is 3.36. The average Bonchev–Trinajstić information content (AvgIpc) is 2.81. The Bertz CT molecular complexity index is 1180. The van der Waals surface area contributed by atoms with Crippen molar-refractivity contribution in [2.75, 3.05) is 18.0 Å². The summed E-state index contributed by atoms with van der Waals surface area (Å²) in [5.41, 5.74) is 6.85. The van der Waals surface area contributed by atoms with E-state index in [1.165, 1.54) is 18.4 Å². The van der Waals surface area contributed by atoms with Crippen LogP contribution in [-0.4, -0.2) is 19.1 Å². The molecule has 4 nitrogen and oxygen atoms in total. The highest BCUT2D eigenvalue weighted by Gasteiger charge is 2.31. The van der Waals surface area contributed by atoms with Gasteiger partial charge in [-0.25, -0.2) is 4.79 Å². The number of benzene rings is 3. The number of para-hydroxylation sites is 1. The van der Waals surface area contributed by atoms with Gasteiger partial charge in [0.05, 0.1) is 16.4 Å². The van der Waals surface area contributed by atoms with Gasteiger partial charge in [0.25, 0.3) is 0 Å². The number of nitrogens with one attached hydrogen (secondary N) is 2. The van der Waals surface area contributed by atoms with Gasteiger partial charge in [0.15, 0.2) is 0 Å². The highest BCUT2D eigenvalue weighted by molar-refractivity contribution is 6.34. The van der Waals surface area contributed by atoms with E-state index in [0.29, 0.717) is 22.5 Å². The van der Waals surface area contributed by atoms with Crippen LogP contribution in [0, 0.1) is 12.8 Å². The molecule has 0 aliphatic carbocycles. The maximum atomic E-state index is 13.2. The zero-order valence-corrected chi connectivity index (χ0v) is 20.1. The predicted octanol–water partition coefficient (Wildman–Crippen LogP) is 6.87. The highest BCUT2D eigenvalue weighted by Crippen LogP contribution is 2.43. The Kier molecular flexibility index (Phi) is 6.33. The van der Waals surface area contributed by atoms with Crippen molar-refractivity contribution < 1.29 is 4.79 Å². The first-order valence-corrected chi connectivity index (χ1v) is 12.2. The fourth-order valence-corrected chi connectivity index (χ4v) is 5.59. The molecule has 6 heteroatoms. The number of piperidine rings is 1. The maximum absolute atomic E-state index is 13.2. The Balaban J connectivity index is 1.70. The molecule has 33 heavy (non-hydrogen) atoms. The summed E-state index contributed by atoms with van der Waals surface area (Å²) in [4.78, 5) is 14.9. The number of anilines is 2. The van der Waals surface area contributed by atoms with Gasteiger partial charge in [-0.15, -0.1) is 0 Å². The minimum atomic E-state index is -0.166. The third-order valence-electron chi connectivity index (χ3n) is 6.65. The van der Waals surface area contributed by atoms with Crippen LogP contribution in [0.15, 0.2) is 54.6 Å². The second-order valence-corrected chi connectivity index (χ2v) is 9.75.